The van der Waals surface area contributed by atoms with E-state index >= 15 is 0 Å². The molecule has 0 radical (unpaired) electrons. The van der Waals surface area contributed by atoms with Gasteiger partial charge in [0.2, 0.25) is 0 Å². The van der Waals surface area contributed by atoms with Crippen LogP contribution in [0.25, 0.3) is 10.6 Å². The highest BCUT2D eigenvalue weighted by Crippen LogP contribution is 2.29. The molecule has 6 nitrogen and oxygen atoms in total. The highest BCUT2D eigenvalue weighted by molar-refractivity contribution is 7.13. The van der Waals surface area contributed by atoms with Crippen molar-refractivity contribution in [2.24, 2.45) is 0 Å². The molecule has 1 fully saturated rings. The molecular formula is C18H16F3N5OS. The number of carbonyl (C=O) groups excluding carboxylic acids is 1. The van der Waals surface area contributed by atoms with E-state index < -0.39 is 11.7 Å². The van der Waals surface area contributed by atoms with Crippen molar-refractivity contribution in [3.05, 3.63) is 53.2 Å². The zero-order valence-corrected chi connectivity index (χ0v) is 15.4. The number of aromatic nitrogens is 3. The summed E-state index contributed by atoms with van der Waals surface area (Å²) in [4.78, 5) is 21.1. The molecule has 1 aliphatic rings. The van der Waals surface area contributed by atoms with Gasteiger partial charge in [0.25, 0.3) is 5.91 Å². The van der Waals surface area contributed by atoms with Crippen LogP contribution in [-0.2, 0) is 6.18 Å². The summed E-state index contributed by atoms with van der Waals surface area (Å²) in [7, 11) is 0. The van der Waals surface area contributed by atoms with Gasteiger partial charge in [0.1, 0.15) is 5.82 Å². The van der Waals surface area contributed by atoms with E-state index in [4.69, 9.17) is 0 Å². The number of halogens is 3. The fraction of sp³-hybridized carbons (Fsp3) is 0.278. The number of amides is 1. The van der Waals surface area contributed by atoms with Crippen LogP contribution in [0.2, 0.25) is 0 Å². The molecule has 1 N–H and O–H groups in total. The number of anilines is 1. The molecule has 146 valence electrons. The topological polar surface area (TPSA) is 65.1 Å². The number of rotatable bonds is 3. The van der Waals surface area contributed by atoms with Gasteiger partial charge in [0.05, 0.1) is 16.1 Å². The number of nitrogens with zero attached hydrogens (tertiary/aromatic N) is 4. The van der Waals surface area contributed by atoms with Crippen molar-refractivity contribution in [3.8, 4) is 10.6 Å². The average molecular weight is 407 g/mol. The fourth-order valence-corrected chi connectivity index (χ4v) is 3.72. The number of thiophene rings is 1. The summed E-state index contributed by atoms with van der Waals surface area (Å²) < 4.78 is 37.9. The molecule has 1 amide bonds. The molecule has 0 bridgehead atoms. The molecule has 0 atom stereocenters. The Morgan fingerprint density at radius 1 is 1.14 bits per heavy atom. The van der Waals surface area contributed by atoms with E-state index in [0.29, 0.717) is 37.7 Å². The first-order valence-corrected chi connectivity index (χ1v) is 9.46. The molecule has 0 spiro atoms. The van der Waals surface area contributed by atoms with Gasteiger partial charge in [-0.15, -0.1) is 11.3 Å². The maximum Gasteiger partial charge on any atom is 0.417 e. The zero-order chi connectivity index (χ0) is 19.7. The Labute approximate surface area is 162 Å². The number of aromatic amines is 1. The molecule has 28 heavy (non-hydrogen) atoms. The van der Waals surface area contributed by atoms with Crippen LogP contribution < -0.4 is 4.90 Å². The first-order chi connectivity index (χ1) is 13.4. The van der Waals surface area contributed by atoms with Gasteiger partial charge in [-0.2, -0.15) is 18.3 Å². The van der Waals surface area contributed by atoms with Gasteiger partial charge in [0, 0.05) is 32.4 Å². The Bertz CT molecular complexity index is 945. The van der Waals surface area contributed by atoms with Crippen LogP contribution in [0.1, 0.15) is 16.1 Å². The van der Waals surface area contributed by atoms with Crippen LogP contribution in [-0.4, -0.2) is 52.2 Å². The molecule has 0 aliphatic carbocycles. The predicted octanol–water partition coefficient (Wildman–Crippen LogP) is 3.51. The third-order valence-corrected chi connectivity index (χ3v) is 5.45. The second-order valence-corrected chi connectivity index (χ2v) is 7.27. The predicted molar refractivity (Wildman–Crippen MR) is 99.3 cm³/mol. The van der Waals surface area contributed by atoms with E-state index in [9.17, 15) is 18.0 Å². The van der Waals surface area contributed by atoms with Crippen molar-refractivity contribution < 1.29 is 18.0 Å². The molecule has 0 aromatic carbocycles. The molecular weight excluding hydrogens is 391 g/mol. The van der Waals surface area contributed by atoms with Crippen LogP contribution in [0, 0.1) is 0 Å². The van der Waals surface area contributed by atoms with Gasteiger partial charge in [-0.1, -0.05) is 6.07 Å². The summed E-state index contributed by atoms with van der Waals surface area (Å²) in [6.45, 7) is 1.88. The molecule has 3 aromatic heterocycles. The monoisotopic (exact) mass is 407 g/mol. The van der Waals surface area contributed by atoms with E-state index in [1.807, 2.05) is 22.4 Å². The number of pyridine rings is 1. The van der Waals surface area contributed by atoms with Crippen molar-refractivity contribution in [1.82, 2.24) is 20.1 Å². The van der Waals surface area contributed by atoms with Crippen molar-refractivity contribution >= 4 is 23.1 Å². The van der Waals surface area contributed by atoms with Crippen molar-refractivity contribution in [3.63, 3.8) is 0 Å². The average Bonchev–Trinajstić information content (AvgIpc) is 3.38. The van der Waals surface area contributed by atoms with Crippen molar-refractivity contribution in [1.29, 1.82) is 0 Å². The van der Waals surface area contributed by atoms with Gasteiger partial charge in [0.15, 0.2) is 5.69 Å². The Morgan fingerprint density at radius 2 is 1.93 bits per heavy atom. The SMILES string of the molecule is O=C(c1cc(-c2cccs2)[nH]n1)N1CCN(c2ccc(C(F)(F)F)cn2)CC1. The second-order valence-electron chi connectivity index (χ2n) is 6.33. The summed E-state index contributed by atoms with van der Waals surface area (Å²) in [5.41, 5.74) is 0.376. The van der Waals surface area contributed by atoms with E-state index in [0.717, 1.165) is 22.8 Å². The highest BCUT2D eigenvalue weighted by atomic mass is 32.1. The van der Waals surface area contributed by atoms with Crippen LogP contribution in [0.4, 0.5) is 19.0 Å². The standard InChI is InChI=1S/C18H16F3N5OS/c19-18(20,21)12-3-4-16(22-11-12)25-5-7-26(8-6-25)17(27)14-10-13(23-24-14)15-2-1-9-28-15/h1-4,9-11H,5-8H2,(H,23,24). The number of hydrogen-bond donors (Lipinski definition) is 1. The Hall–Kier alpha value is -2.88. The van der Waals surface area contributed by atoms with E-state index in [2.05, 4.69) is 15.2 Å². The Balaban J connectivity index is 1.38. The lowest BCUT2D eigenvalue weighted by atomic mass is 10.2. The maximum atomic E-state index is 12.7. The van der Waals surface area contributed by atoms with E-state index in [-0.39, 0.29) is 5.91 Å². The number of hydrogen-bond acceptors (Lipinski definition) is 5. The van der Waals surface area contributed by atoms with Crippen molar-refractivity contribution in [2.75, 3.05) is 31.1 Å². The fourth-order valence-electron chi connectivity index (χ4n) is 3.03. The quantitative estimate of drug-likeness (QED) is 0.722. The molecule has 3 aromatic rings. The molecule has 10 heteroatoms. The number of carbonyl (C=O) groups is 1. The number of piperazine rings is 1. The molecule has 1 aliphatic heterocycles. The normalized spacial score (nSPS) is 15.1. The van der Waals surface area contributed by atoms with Gasteiger partial charge in [-0.05, 0) is 29.6 Å². The van der Waals surface area contributed by atoms with E-state index in [1.165, 1.54) is 6.07 Å². The Kier molecular flexibility index (Phi) is 4.80. The smallest absolute Gasteiger partial charge is 0.353 e. The third-order valence-electron chi connectivity index (χ3n) is 4.55. The van der Waals surface area contributed by atoms with Crippen LogP contribution >= 0.6 is 11.3 Å². The number of nitrogens with one attached hydrogen (secondary N) is 1. The summed E-state index contributed by atoms with van der Waals surface area (Å²) in [5.74, 6) is 0.305. The molecule has 1 saturated heterocycles. The largest absolute Gasteiger partial charge is 0.417 e. The van der Waals surface area contributed by atoms with Crippen LogP contribution in [0.15, 0.2) is 41.9 Å². The van der Waals surface area contributed by atoms with Gasteiger partial charge in [-0.25, -0.2) is 4.98 Å². The molecule has 0 unspecified atom stereocenters. The minimum absolute atomic E-state index is 0.168. The first-order valence-electron chi connectivity index (χ1n) is 8.58. The van der Waals surface area contributed by atoms with Gasteiger partial charge >= 0.3 is 6.18 Å². The third kappa shape index (κ3) is 3.72. The lowest BCUT2D eigenvalue weighted by molar-refractivity contribution is -0.137. The zero-order valence-electron chi connectivity index (χ0n) is 14.6. The highest BCUT2D eigenvalue weighted by Gasteiger charge is 2.31. The number of alkyl halides is 3. The second kappa shape index (κ2) is 7.27. The summed E-state index contributed by atoms with van der Waals surface area (Å²) in [6, 6.07) is 7.99. The minimum Gasteiger partial charge on any atom is -0.353 e. The summed E-state index contributed by atoms with van der Waals surface area (Å²) in [5, 5.41) is 8.95. The van der Waals surface area contributed by atoms with Gasteiger partial charge in [-0.3, -0.25) is 9.89 Å². The summed E-state index contributed by atoms with van der Waals surface area (Å²) >= 11 is 1.56. The van der Waals surface area contributed by atoms with Crippen LogP contribution in [0.3, 0.4) is 0 Å². The minimum atomic E-state index is -4.40. The van der Waals surface area contributed by atoms with Crippen molar-refractivity contribution in [2.45, 2.75) is 6.18 Å². The molecule has 4 rings (SSSR count). The first kappa shape index (κ1) is 18.5. The summed E-state index contributed by atoms with van der Waals surface area (Å²) in [6.07, 6.45) is -3.56. The lowest BCUT2D eigenvalue weighted by Gasteiger charge is -2.35. The van der Waals surface area contributed by atoms with Crippen LogP contribution in [0.5, 0.6) is 0 Å². The maximum absolute atomic E-state index is 12.7. The molecule has 4 heterocycles. The van der Waals surface area contributed by atoms with E-state index in [1.54, 1.807) is 22.3 Å². The molecule has 0 saturated carbocycles. The number of H-pyrrole nitrogens is 1. The Morgan fingerprint density at radius 3 is 2.54 bits per heavy atom. The van der Waals surface area contributed by atoms with Gasteiger partial charge < -0.3 is 9.80 Å². The lowest BCUT2D eigenvalue weighted by Crippen LogP contribution is -2.49.